The molecule has 1 atom stereocenters. The molecule has 24 heavy (non-hydrogen) atoms. The van der Waals surface area contributed by atoms with Crippen molar-refractivity contribution in [3.05, 3.63) is 54.1 Å². The number of carbonyl (C=O) groups is 3. The molecule has 0 aliphatic carbocycles. The fourth-order valence-corrected chi connectivity index (χ4v) is 1.87. The molecular formula is C18H22N2O4. The normalized spacial score (nSPS) is 12.2. The molecule has 3 N–H and O–H groups in total. The maximum atomic E-state index is 12.0. The molecular weight excluding hydrogens is 308 g/mol. The minimum atomic E-state index is -0.504. The number of carbonyl (C=O) groups excluding carboxylic acids is 3. The van der Waals surface area contributed by atoms with Crippen LogP contribution in [0.5, 0.6) is 0 Å². The van der Waals surface area contributed by atoms with Crippen molar-refractivity contribution >= 4 is 23.9 Å². The monoisotopic (exact) mass is 330 g/mol. The second kappa shape index (κ2) is 10.8. The largest absolute Gasteiger partial charge is 0.463 e. The molecule has 6 heteroatoms. The summed E-state index contributed by atoms with van der Waals surface area (Å²) in [5, 5.41) is 2.71. The molecule has 0 spiro atoms. The predicted octanol–water partition coefficient (Wildman–Crippen LogP) is 1.57. The van der Waals surface area contributed by atoms with Crippen LogP contribution in [0.3, 0.4) is 0 Å². The maximum absolute atomic E-state index is 12.0. The smallest absolute Gasteiger partial charge is 0.330 e. The van der Waals surface area contributed by atoms with Crippen molar-refractivity contribution in [2.24, 2.45) is 5.73 Å². The summed E-state index contributed by atoms with van der Waals surface area (Å²) in [6.07, 6.45) is 6.20. The van der Waals surface area contributed by atoms with E-state index in [1.54, 1.807) is 13.0 Å². The zero-order valence-corrected chi connectivity index (χ0v) is 13.6. The molecule has 1 aromatic carbocycles. The van der Waals surface area contributed by atoms with Gasteiger partial charge in [-0.3, -0.25) is 9.59 Å². The second-order valence-electron chi connectivity index (χ2n) is 4.98. The first-order valence-electron chi connectivity index (χ1n) is 7.68. The van der Waals surface area contributed by atoms with E-state index >= 15 is 0 Å². The number of ether oxygens (including phenoxy) is 1. The molecule has 0 unspecified atom stereocenters. The summed E-state index contributed by atoms with van der Waals surface area (Å²) in [6, 6.07) is 8.88. The number of nitrogens with two attached hydrogens (primary N) is 1. The Morgan fingerprint density at radius 2 is 1.92 bits per heavy atom. The SMILES string of the molecule is CCOC(=O)C=C[C@H](CCC(N)=O)NC(=O)C=Cc1ccccc1. The standard InChI is InChI=1S/C18H22N2O4/c1-2-24-18(23)13-10-15(9-11-16(19)21)20-17(22)12-8-14-6-4-3-5-7-14/h3-8,10,12-13,15H,2,9,11H2,1H3,(H2,19,21)(H,20,22)/t15-/m0/s1. The quantitative estimate of drug-likeness (QED) is 0.530. The molecule has 0 heterocycles. The Hall–Kier alpha value is -2.89. The molecule has 0 saturated carbocycles. The van der Waals surface area contributed by atoms with Gasteiger partial charge in [0.15, 0.2) is 0 Å². The van der Waals surface area contributed by atoms with E-state index in [4.69, 9.17) is 10.5 Å². The van der Waals surface area contributed by atoms with Crippen LogP contribution in [-0.2, 0) is 19.1 Å². The number of hydrogen-bond donors (Lipinski definition) is 2. The Morgan fingerprint density at radius 3 is 2.54 bits per heavy atom. The fourth-order valence-electron chi connectivity index (χ4n) is 1.87. The van der Waals surface area contributed by atoms with Gasteiger partial charge in [0, 0.05) is 24.6 Å². The van der Waals surface area contributed by atoms with E-state index in [0.717, 1.165) is 5.56 Å². The third-order valence-electron chi connectivity index (χ3n) is 3.01. The first-order valence-corrected chi connectivity index (χ1v) is 7.68. The van der Waals surface area contributed by atoms with Gasteiger partial charge < -0.3 is 15.8 Å². The van der Waals surface area contributed by atoms with Gasteiger partial charge in [-0.2, -0.15) is 0 Å². The number of benzene rings is 1. The van der Waals surface area contributed by atoms with Crippen molar-refractivity contribution in [2.45, 2.75) is 25.8 Å². The summed E-state index contributed by atoms with van der Waals surface area (Å²) in [5.41, 5.74) is 6.02. The maximum Gasteiger partial charge on any atom is 0.330 e. The molecule has 128 valence electrons. The topological polar surface area (TPSA) is 98.5 Å². The van der Waals surface area contributed by atoms with Gasteiger partial charge >= 0.3 is 5.97 Å². The van der Waals surface area contributed by atoms with Gasteiger partial charge in [0.2, 0.25) is 11.8 Å². The number of esters is 1. The summed E-state index contributed by atoms with van der Waals surface area (Å²) in [5.74, 6) is -1.31. The Kier molecular flexibility index (Phi) is 8.60. The van der Waals surface area contributed by atoms with Crippen molar-refractivity contribution in [3.63, 3.8) is 0 Å². The third kappa shape index (κ3) is 8.53. The number of primary amides is 1. The highest BCUT2D eigenvalue weighted by molar-refractivity contribution is 5.92. The van der Waals surface area contributed by atoms with E-state index in [1.165, 1.54) is 18.2 Å². The lowest BCUT2D eigenvalue weighted by molar-refractivity contribution is -0.137. The number of amides is 2. The molecule has 2 amide bonds. The van der Waals surface area contributed by atoms with Gasteiger partial charge in [0.05, 0.1) is 6.61 Å². The zero-order chi connectivity index (χ0) is 17.8. The molecule has 1 rings (SSSR count). The molecule has 0 aromatic heterocycles. The number of hydrogen-bond acceptors (Lipinski definition) is 4. The molecule has 0 aliphatic heterocycles. The summed E-state index contributed by atoms with van der Waals surface area (Å²) in [7, 11) is 0. The fraction of sp³-hybridized carbons (Fsp3) is 0.278. The molecule has 1 aromatic rings. The van der Waals surface area contributed by atoms with Gasteiger partial charge in [-0.15, -0.1) is 0 Å². The lowest BCUT2D eigenvalue weighted by Gasteiger charge is -2.12. The van der Waals surface area contributed by atoms with E-state index in [-0.39, 0.29) is 18.9 Å². The van der Waals surface area contributed by atoms with Crippen LogP contribution in [0.2, 0.25) is 0 Å². The van der Waals surface area contributed by atoms with Crippen LogP contribution in [0.1, 0.15) is 25.3 Å². The highest BCUT2D eigenvalue weighted by atomic mass is 16.5. The summed E-state index contributed by atoms with van der Waals surface area (Å²) in [6.45, 7) is 1.97. The first kappa shape index (κ1) is 19.2. The van der Waals surface area contributed by atoms with E-state index in [1.807, 2.05) is 30.3 Å². The van der Waals surface area contributed by atoms with E-state index in [0.29, 0.717) is 6.42 Å². The van der Waals surface area contributed by atoms with Crippen molar-refractivity contribution in [1.82, 2.24) is 5.32 Å². The van der Waals surface area contributed by atoms with Gasteiger partial charge in [0.1, 0.15) is 0 Å². The van der Waals surface area contributed by atoms with E-state index in [2.05, 4.69) is 5.32 Å². The van der Waals surface area contributed by atoms with Crippen molar-refractivity contribution in [3.8, 4) is 0 Å². The van der Waals surface area contributed by atoms with E-state index < -0.39 is 17.9 Å². The van der Waals surface area contributed by atoms with Crippen LogP contribution in [0.15, 0.2) is 48.6 Å². The highest BCUT2D eigenvalue weighted by Gasteiger charge is 2.10. The van der Waals surface area contributed by atoms with Crippen LogP contribution in [0, 0.1) is 0 Å². The molecule has 0 aliphatic rings. The third-order valence-corrected chi connectivity index (χ3v) is 3.01. The Labute approximate surface area is 141 Å². The van der Waals surface area contributed by atoms with Crippen LogP contribution in [0.25, 0.3) is 6.08 Å². The molecule has 0 bridgehead atoms. The van der Waals surface area contributed by atoms with Crippen LogP contribution in [-0.4, -0.2) is 30.4 Å². The van der Waals surface area contributed by atoms with Gasteiger partial charge in [-0.25, -0.2) is 4.79 Å². The lowest BCUT2D eigenvalue weighted by Crippen LogP contribution is -2.33. The van der Waals surface area contributed by atoms with Gasteiger partial charge in [-0.1, -0.05) is 36.4 Å². The average molecular weight is 330 g/mol. The summed E-state index contributed by atoms with van der Waals surface area (Å²) >= 11 is 0. The van der Waals surface area contributed by atoms with Crippen LogP contribution in [0.4, 0.5) is 0 Å². The first-order chi connectivity index (χ1) is 11.5. The average Bonchev–Trinajstić information content (AvgIpc) is 2.56. The van der Waals surface area contributed by atoms with Crippen LogP contribution < -0.4 is 11.1 Å². The number of nitrogens with one attached hydrogen (secondary N) is 1. The van der Waals surface area contributed by atoms with E-state index in [9.17, 15) is 14.4 Å². The Morgan fingerprint density at radius 1 is 1.21 bits per heavy atom. The highest BCUT2D eigenvalue weighted by Crippen LogP contribution is 2.03. The van der Waals surface area contributed by atoms with Crippen molar-refractivity contribution in [2.75, 3.05) is 6.61 Å². The van der Waals surface area contributed by atoms with Crippen molar-refractivity contribution < 1.29 is 19.1 Å². The molecule has 6 nitrogen and oxygen atoms in total. The minimum Gasteiger partial charge on any atom is -0.463 e. The molecule has 0 fully saturated rings. The Balaban J connectivity index is 2.65. The number of rotatable bonds is 9. The van der Waals surface area contributed by atoms with Gasteiger partial charge in [-0.05, 0) is 25.0 Å². The minimum absolute atomic E-state index is 0.0977. The van der Waals surface area contributed by atoms with Gasteiger partial charge in [0.25, 0.3) is 0 Å². The summed E-state index contributed by atoms with van der Waals surface area (Å²) in [4.78, 5) is 34.3. The second-order valence-corrected chi connectivity index (χ2v) is 4.98. The predicted molar refractivity (Wildman–Crippen MR) is 91.6 cm³/mol. The molecule has 0 saturated heterocycles. The lowest BCUT2D eigenvalue weighted by atomic mass is 10.1. The van der Waals surface area contributed by atoms with Crippen molar-refractivity contribution in [1.29, 1.82) is 0 Å². The Bertz CT molecular complexity index is 609. The van der Waals surface area contributed by atoms with Crippen LogP contribution >= 0.6 is 0 Å². The molecule has 0 radical (unpaired) electrons. The summed E-state index contributed by atoms with van der Waals surface area (Å²) < 4.78 is 4.78. The zero-order valence-electron chi connectivity index (χ0n) is 13.6.